The molecule has 7 heteroatoms. The number of aromatic nitrogens is 3. The predicted octanol–water partition coefficient (Wildman–Crippen LogP) is 1.79. The van der Waals surface area contributed by atoms with Crippen molar-refractivity contribution in [2.24, 2.45) is 4.99 Å². The van der Waals surface area contributed by atoms with Gasteiger partial charge in [0.05, 0.1) is 6.54 Å². The van der Waals surface area contributed by atoms with Crippen LogP contribution in [0.3, 0.4) is 0 Å². The van der Waals surface area contributed by atoms with Gasteiger partial charge in [-0.25, -0.2) is 0 Å². The number of hydrogen-bond acceptors (Lipinski definition) is 4. The molecule has 2 aromatic rings. The van der Waals surface area contributed by atoms with Crippen molar-refractivity contribution in [2.45, 2.75) is 39.7 Å². The number of hydrogen-bond donors (Lipinski definition) is 2. The van der Waals surface area contributed by atoms with Gasteiger partial charge in [0.1, 0.15) is 0 Å². The molecule has 2 rings (SSSR count). The van der Waals surface area contributed by atoms with Gasteiger partial charge in [-0.1, -0.05) is 19.0 Å². The highest BCUT2D eigenvalue weighted by Crippen LogP contribution is 2.09. The lowest BCUT2D eigenvalue weighted by Crippen LogP contribution is -2.39. The fourth-order valence-corrected chi connectivity index (χ4v) is 2.03. The van der Waals surface area contributed by atoms with Gasteiger partial charge in [-0.3, -0.25) is 4.99 Å². The maximum atomic E-state index is 5.22. The fourth-order valence-electron chi connectivity index (χ4n) is 2.03. The summed E-state index contributed by atoms with van der Waals surface area (Å²) in [7, 11) is 0. The van der Waals surface area contributed by atoms with Gasteiger partial charge in [-0.2, -0.15) is 4.98 Å². The minimum absolute atomic E-state index is 0.281. The Bertz CT molecular complexity index is 587. The van der Waals surface area contributed by atoms with E-state index in [2.05, 4.69) is 37.3 Å². The first-order chi connectivity index (χ1) is 11.2. The summed E-state index contributed by atoms with van der Waals surface area (Å²) in [4.78, 5) is 8.90. The molecule has 0 fully saturated rings. The molecule has 0 unspecified atom stereocenters. The van der Waals surface area contributed by atoms with Crippen LogP contribution < -0.4 is 10.6 Å². The van der Waals surface area contributed by atoms with Crippen LogP contribution in [0.1, 0.15) is 38.4 Å². The van der Waals surface area contributed by atoms with E-state index >= 15 is 0 Å². The SMILES string of the molecule is CCNC(=NCCc1nc(C(C)C)no1)NCCn1cccc1. The van der Waals surface area contributed by atoms with Crippen LogP contribution in [0.2, 0.25) is 0 Å². The standard InChI is InChI=1S/C16H26N6O/c1-4-17-16(19-9-12-22-10-5-6-11-22)18-8-7-14-20-15(13(2)3)21-23-14/h5-6,10-11,13H,4,7-9,12H2,1-3H3,(H2,17,18,19). The largest absolute Gasteiger partial charge is 0.357 e. The third-order valence-corrected chi connectivity index (χ3v) is 3.27. The first kappa shape index (κ1) is 17.1. The number of aliphatic imine (C=N–C) groups is 1. The third kappa shape index (κ3) is 5.77. The lowest BCUT2D eigenvalue weighted by Gasteiger charge is -2.11. The Labute approximate surface area is 137 Å². The van der Waals surface area contributed by atoms with Crippen molar-refractivity contribution in [1.29, 1.82) is 0 Å². The number of rotatable bonds is 8. The summed E-state index contributed by atoms with van der Waals surface area (Å²) in [6.45, 7) is 9.30. The van der Waals surface area contributed by atoms with Crippen LogP contribution in [0.4, 0.5) is 0 Å². The van der Waals surface area contributed by atoms with E-state index in [1.807, 2.05) is 38.4 Å². The van der Waals surface area contributed by atoms with Crippen molar-refractivity contribution in [1.82, 2.24) is 25.3 Å². The summed E-state index contributed by atoms with van der Waals surface area (Å²) in [5.74, 6) is 2.48. The van der Waals surface area contributed by atoms with E-state index in [4.69, 9.17) is 4.52 Å². The second-order valence-electron chi connectivity index (χ2n) is 5.56. The molecule has 0 saturated carbocycles. The van der Waals surface area contributed by atoms with Crippen molar-refractivity contribution in [3.63, 3.8) is 0 Å². The van der Waals surface area contributed by atoms with E-state index in [9.17, 15) is 0 Å². The molecule has 2 N–H and O–H groups in total. The molecule has 0 aliphatic carbocycles. The summed E-state index contributed by atoms with van der Waals surface area (Å²) >= 11 is 0. The molecular formula is C16H26N6O. The molecule has 0 spiro atoms. The Balaban J connectivity index is 1.77. The van der Waals surface area contributed by atoms with E-state index in [1.165, 1.54) is 0 Å². The Hall–Kier alpha value is -2.31. The molecule has 0 amide bonds. The maximum Gasteiger partial charge on any atom is 0.228 e. The zero-order valence-corrected chi connectivity index (χ0v) is 14.1. The number of nitrogens with zero attached hydrogens (tertiary/aromatic N) is 4. The summed E-state index contributed by atoms with van der Waals surface area (Å²) in [5, 5.41) is 10.5. The van der Waals surface area contributed by atoms with E-state index in [-0.39, 0.29) is 5.92 Å². The number of guanidine groups is 1. The van der Waals surface area contributed by atoms with Crippen LogP contribution in [-0.4, -0.2) is 40.3 Å². The molecule has 0 aromatic carbocycles. The van der Waals surface area contributed by atoms with Crippen LogP contribution in [0.5, 0.6) is 0 Å². The maximum absolute atomic E-state index is 5.22. The first-order valence-corrected chi connectivity index (χ1v) is 8.14. The van der Waals surface area contributed by atoms with Crippen molar-refractivity contribution in [3.8, 4) is 0 Å². The van der Waals surface area contributed by atoms with Crippen molar-refractivity contribution in [2.75, 3.05) is 19.6 Å². The third-order valence-electron chi connectivity index (χ3n) is 3.27. The van der Waals surface area contributed by atoms with Gasteiger partial charge in [-0.15, -0.1) is 0 Å². The van der Waals surface area contributed by atoms with E-state index in [0.29, 0.717) is 18.9 Å². The van der Waals surface area contributed by atoms with Crippen molar-refractivity contribution in [3.05, 3.63) is 36.2 Å². The van der Waals surface area contributed by atoms with Crippen LogP contribution in [0.25, 0.3) is 0 Å². The molecular weight excluding hydrogens is 292 g/mol. The van der Waals surface area contributed by atoms with Crippen LogP contribution >= 0.6 is 0 Å². The van der Waals surface area contributed by atoms with Gasteiger partial charge in [0.15, 0.2) is 11.8 Å². The number of nitrogens with one attached hydrogen (secondary N) is 2. The monoisotopic (exact) mass is 318 g/mol. The molecule has 0 bridgehead atoms. The second-order valence-corrected chi connectivity index (χ2v) is 5.56. The Morgan fingerprint density at radius 1 is 1.30 bits per heavy atom. The molecule has 7 nitrogen and oxygen atoms in total. The highest BCUT2D eigenvalue weighted by Gasteiger charge is 2.09. The van der Waals surface area contributed by atoms with Gasteiger partial charge in [-0.05, 0) is 19.1 Å². The van der Waals surface area contributed by atoms with Gasteiger partial charge in [0.25, 0.3) is 0 Å². The smallest absolute Gasteiger partial charge is 0.228 e. The average Bonchev–Trinajstić information content (AvgIpc) is 3.18. The normalized spacial score (nSPS) is 11.9. The minimum atomic E-state index is 0.281. The summed E-state index contributed by atoms with van der Waals surface area (Å²) < 4.78 is 7.35. The molecule has 0 atom stereocenters. The molecule has 126 valence electrons. The van der Waals surface area contributed by atoms with Gasteiger partial charge < -0.3 is 19.7 Å². The highest BCUT2D eigenvalue weighted by molar-refractivity contribution is 5.79. The van der Waals surface area contributed by atoms with Crippen LogP contribution in [-0.2, 0) is 13.0 Å². The predicted molar refractivity (Wildman–Crippen MR) is 90.5 cm³/mol. The van der Waals surface area contributed by atoms with E-state index in [1.54, 1.807) is 0 Å². The summed E-state index contributed by atoms with van der Waals surface area (Å²) in [5.41, 5.74) is 0. The van der Waals surface area contributed by atoms with Gasteiger partial charge in [0, 0.05) is 44.4 Å². The van der Waals surface area contributed by atoms with E-state index < -0.39 is 0 Å². The zero-order valence-electron chi connectivity index (χ0n) is 14.1. The molecule has 0 aliphatic heterocycles. The Morgan fingerprint density at radius 2 is 2.09 bits per heavy atom. The Morgan fingerprint density at radius 3 is 2.74 bits per heavy atom. The molecule has 0 saturated heterocycles. The van der Waals surface area contributed by atoms with Crippen molar-refractivity contribution >= 4 is 5.96 Å². The molecule has 23 heavy (non-hydrogen) atoms. The first-order valence-electron chi connectivity index (χ1n) is 8.14. The average molecular weight is 318 g/mol. The lowest BCUT2D eigenvalue weighted by atomic mass is 10.2. The molecule has 2 heterocycles. The molecule has 0 aliphatic rings. The quantitative estimate of drug-likeness (QED) is 0.573. The Kier molecular flexibility index (Phi) is 6.65. The summed E-state index contributed by atoms with van der Waals surface area (Å²) in [6, 6.07) is 4.05. The second kappa shape index (κ2) is 8.97. The topological polar surface area (TPSA) is 80.3 Å². The minimum Gasteiger partial charge on any atom is -0.357 e. The summed E-state index contributed by atoms with van der Waals surface area (Å²) in [6.07, 6.45) is 4.75. The molecule has 2 aromatic heterocycles. The van der Waals surface area contributed by atoms with Gasteiger partial charge >= 0.3 is 0 Å². The van der Waals surface area contributed by atoms with Gasteiger partial charge in [0.2, 0.25) is 5.89 Å². The van der Waals surface area contributed by atoms with Crippen LogP contribution in [0.15, 0.2) is 34.0 Å². The van der Waals surface area contributed by atoms with E-state index in [0.717, 1.165) is 31.4 Å². The van der Waals surface area contributed by atoms with Crippen molar-refractivity contribution < 1.29 is 4.52 Å². The van der Waals surface area contributed by atoms with Crippen LogP contribution in [0, 0.1) is 0 Å². The molecule has 0 radical (unpaired) electrons. The fraction of sp³-hybridized carbons (Fsp3) is 0.562. The zero-order chi connectivity index (χ0) is 16.5. The highest BCUT2D eigenvalue weighted by atomic mass is 16.5. The lowest BCUT2D eigenvalue weighted by molar-refractivity contribution is 0.372.